The number of nitrogens with two attached hydrogens (primary N) is 1. The molecule has 0 aliphatic carbocycles. The summed E-state index contributed by atoms with van der Waals surface area (Å²) in [5.74, 6) is -0.621. The molecular weight excluding hydrogens is 473 g/mol. The molecule has 0 bridgehead atoms. The summed E-state index contributed by atoms with van der Waals surface area (Å²) in [5, 5.41) is 2.68. The fourth-order valence-corrected chi connectivity index (χ4v) is 3.54. The molecule has 1 saturated heterocycles. The molecule has 1 fully saturated rings. The van der Waals surface area contributed by atoms with Gasteiger partial charge in [-0.3, -0.25) is 14.6 Å². The number of hydrogen-bond donors (Lipinski definition) is 2. The number of halogens is 3. The number of ether oxygens (including phenoxy) is 1. The van der Waals surface area contributed by atoms with E-state index in [1.54, 1.807) is 19.1 Å². The third kappa shape index (κ3) is 7.27. The Balaban J connectivity index is 1.77. The summed E-state index contributed by atoms with van der Waals surface area (Å²) in [6, 6.07) is 9.62. The van der Waals surface area contributed by atoms with E-state index in [1.807, 2.05) is 25.1 Å². The van der Waals surface area contributed by atoms with Gasteiger partial charge < -0.3 is 15.8 Å². The Labute approximate surface area is 207 Å². The first-order valence-electron chi connectivity index (χ1n) is 11.4. The van der Waals surface area contributed by atoms with Crippen molar-refractivity contribution in [2.24, 2.45) is 10.7 Å². The van der Waals surface area contributed by atoms with Crippen molar-refractivity contribution in [1.82, 2.24) is 10.3 Å². The highest BCUT2D eigenvalue weighted by atomic mass is 19.4. The van der Waals surface area contributed by atoms with Crippen LogP contribution in [-0.4, -0.2) is 35.2 Å². The lowest BCUT2D eigenvalue weighted by atomic mass is 10.0. The minimum Gasteiger partial charge on any atom is -0.485 e. The zero-order valence-corrected chi connectivity index (χ0v) is 19.9. The van der Waals surface area contributed by atoms with Crippen molar-refractivity contribution >= 4 is 23.2 Å². The second-order valence-corrected chi connectivity index (χ2v) is 8.21. The molecule has 3 rings (SSSR count). The number of benzene rings is 1. The molecule has 1 atom stereocenters. The quantitative estimate of drug-likeness (QED) is 0.398. The van der Waals surface area contributed by atoms with Crippen molar-refractivity contribution in [2.45, 2.75) is 45.4 Å². The Morgan fingerprint density at radius 2 is 1.97 bits per heavy atom. The Kier molecular flexibility index (Phi) is 8.63. The highest BCUT2D eigenvalue weighted by Crippen LogP contribution is 2.28. The minimum atomic E-state index is -4.43. The van der Waals surface area contributed by atoms with Crippen LogP contribution >= 0.6 is 0 Å². The van der Waals surface area contributed by atoms with Crippen LogP contribution < -0.4 is 11.1 Å². The summed E-state index contributed by atoms with van der Waals surface area (Å²) >= 11 is 0. The summed E-state index contributed by atoms with van der Waals surface area (Å²) < 4.78 is 43.8. The molecular formula is C26H27F3N4O3. The standard InChI is InChI=1S/C26H27F3N4O3/c1-3-4-21(33-22(24(30)34)13-16(2)36-23-11-12-31-25(23)35)18-7-5-17(6-8-18)14-20-10-9-19(15-32-20)26(27,28)29/h4-10,13,15,23H,3,11-12,14H2,1-2H3,(H2,30,34)(H,31,35)/b16-13+,21-4+,33-22+. The number of pyridine rings is 1. The largest absolute Gasteiger partial charge is 0.485 e. The summed E-state index contributed by atoms with van der Waals surface area (Å²) in [6.07, 6.45) is 0.550. The zero-order chi connectivity index (χ0) is 26.3. The molecule has 2 heterocycles. The van der Waals surface area contributed by atoms with Crippen molar-refractivity contribution in [2.75, 3.05) is 6.54 Å². The lowest BCUT2D eigenvalue weighted by molar-refractivity contribution is -0.137. The number of hydrogen-bond acceptors (Lipinski definition) is 5. The van der Waals surface area contributed by atoms with Gasteiger partial charge in [-0.25, -0.2) is 4.99 Å². The fraction of sp³-hybridized carbons (Fsp3) is 0.308. The molecule has 1 aliphatic rings. The van der Waals surface area contributed by atoms with Gasteiger partial charge >= 0.3 is 6.18 Å². The Morgan fingerprint density at radius 1 is 1.25 bits per heavy atom. The second kappa shape index (κ2) is 11.7. The molecule has 2 amide bonds. The SMILES string of the molecule is CC/C=C(/N=C(\C=C(/C)OC1CCNC1=O)C(N)=O)c1ccc(Cc2ccc(C(F)(F)F)cn2)cc1. The number of carbonyl (C=O) groups excluding carboxylic acids is 2. The summed E-state index contributed by atoms with van der Waals surface area (Å²) in [7, 11) is 0. The first-order chi connectivity index (χ1) is 17.1. The molecule has 190 valence electrons. The lowest BCUT2D eigenvalue weighted by Crippen LogP contribution is -2.26. The maximum atomic E-state index is 12.7. The van der Waals surface area contributed by atoms with E-state index < -0.39 is 23.8 Å². The van der Waals surface area contributed by atoms with Crippen molar-refractivity contribution in [1.29, 1.82) is 0 Å². The van der Waals surface area contributed by atoms with E-state index in [9.17, 15) is 22.8 Å². The Bertz CT molecular complexity index is 1180. The normalized spacial score (nSPS) is 17.2. The number of aromatic nitrogens is 1. The Hall–Kier alpha value is -3.95. The van der Waals surface area contributed by atoms with Gasteiger partial charge in [0.1, 0.15) is 5.71 Å². The number of primary amides is 1. The van der Waals surface area contributed by atoms with Crippen molar-refractivity contribution in [3.8, 4) is 0 Å². The van der Waals surface area contributed by atoms with Crippen LogP contribution in [0.3, 0.4) is 0 Å². The first kappa shape index (κ1) is 26.7. The van der Waals surface area contributed by atoms with E-state index in [0.717, 1.165) is 23.4 Å². The molecule has 10 heteroatoms. The van der Waals surface area contributed by atoms with Gasteiger partial charge in [-0.05, 0) is 36.6 Å². The first-order valence-corrected chi connectivity index (χ1v) is 11.4. The maximum absolute atomic E-state index is 12.7. The average molecular weight is 501 g/mol. The number of allylic oxidation sites excluding steroid dienone is 2. The number of carbonyl (C=O) groups is 2. The number of nitrogens with one attached hydrogen (secondary N) is 1. The number of nitrogens with zero attached hydrogens (tertiary/aromatic N) is 2. The number of aliphatic imine (C=N–C) groups is 1. The minimum absolute atomic E-state index is 0.0244. The average Bonchev–Trinajstić information content (AvgIpc) is 3.22. The molecule has 1 aromatic carbocycles. The molecule has 7 nitrogen and oxygen atoms in total. The van der Waals surface area contributed by atoms with Gasteiger partial charge in [0.15, 0.2) is 6.10 Å². The molecule has 36 heavy (non-hydrogen) atoms. The van der Waals surface area contributed by atoms with Crippen LogP contribution in [0.4, 0.5) is 13.2 Å². The summed E-state index contributed by atoms with van der Waals surface area (Å²) in [4.78, 5) is 32.1. The van der Waals surface area contributed by atoms with Crippen molar-refractivity contribution in [3.63, 3.8) is 0 Å². The molecule has 3 N–H and O–H groups in total. The third-order valence-electron chi connectivity index (χ3n) is 5.34. The van der Waals surface area contributed by atoms with Crippen LogP contribution in [0, 0.1) is 0 Å². The molecule has 1 aromatic heterocycles. The zero-order valence-electron chi connectivity index (χ0n) is 19.9. The van der Waals surface area contributed by atoms with Crippen molar-refractivity contribution < 1.29 is 27.5 Å². The van der Waals surface area contributed by atoms with Gasteiger partial charge in [0.2, 0.25) is 0 Å². The molecule has 1 aliphatic heterocycles. The van der Waals surface area contributed by atoms with E-state index in [0.29, 0.717) is 43.0 Å². The smallest absolute Gasteiger partial charge is 0.417 e. The third-order valence-corrected chi connectivity index (χ3v) is 5.34. The summed E-state index contributed by atoms with van der Waals surface area (Å²) in [5.41, 5.74) is 7.32. The van der Waals surface area contributed by atoms with E-state index in [2.05, 4.69) is 15.3 Å². The van der Waals surface area contributed by atoms with Gasteiger partial charge in [0.05, 0.1) is 17.0 Å². The lowest BCUT2D eigenvalue weighted by Gasteiger charge is -2.11. The van der Waals surface area contributed by atoms with Crippen molar-refractivity contribution in [3.05, 3.63) is 82.9 Å². The van der Waals surface area contributed by atoms with E-state index in [-0.39, 0.29) is 11.6 Å². The number of amides is 2. The molecule has 0 radical (unpaired) electrons. The monoisotopic (exact) mass is 500 g/mol. The van der Waals surface area contributed by atoms with Gasteiger partial charge in [-0.1, -0.05) is 37.3 Å². The fourth-order valence-electron chi connectivity index (χ4n) is 3.54. The van der Waals surface area contributed by atoms with Gasteiger partial charge in [0.25, 0.3) is 11.8 Å². The van der Waals surface area contributed by atoms with Crippen LogP contribution in [0.5, 0.6) is 0 Å². The predicted octanol–water partition coefficient (Wildman–Crippen LogP) is 4.18. The van der Waals surface area contributed by atoms with Gasteiger partial charge in [0, 0.05) is 37.4 Å². The predicted molar refractivity (Wildman–Crippen MR) is 130 cm³/mol. The molecule has 0 saturated carbocycles. The van der Waals surface area contributed by atoms with Crippen LogP contribution in [0.15, 0.2) is 65.5 Å². The summed E-state index contributed by atoms with van der Waals surface area (Å²) in [6.45, 7) is 4.08. The second-order valence-electron chi connectivity index (χ2n) is 8.21. The highest BCUT2D eigenvalue weighted by Gasteiger charge is 2.30. The number of alkyl halides is 3. The van der Waals surface area contributed by atoms with E-state index in [4.69, 9.17) is 10.5 Å². The van der Waals surface area contributed by atoms with Crippen LogP contribution in [0.2, 0.25) is 0 Å². The van der Waals surface area contributed by atoms with Crippen LogP contribution in [0.25, 0.3) is 5.70 Å². The van der Waals surface area contributed by atoms with Gasteiger partial charge in [-0.15, -0.1) is 0 Å². The van der Waals surface area contributed by atoms with Crippen LogP contribution in [0.1, 0.15) is 49.1 Å². The topological polar surface area (TPSA) is 107 Å². The van der Waals surface area contributed by atoms with Crippen LogP contribution in [-0.2, 0) is 26.9 Å². The maximum Gasteiger partial charge on any atom is 0.417 e. The Morgan fingerprint density at radius 3 is 2.50 bits per heavy atom. The van der Waals surface area contributed by atoms with E-state index in [1.165, 1.54) is 12.1 Å². The highest BCUT2D eigenvalue weighted by molar-refractivity contribution is 6.43. The van der Waals surface area contributed by atoms with E-state index >= 15 is 0 Å². The molecule has 2 aromatic rings. The molecule has 0 spiro atoms. The molecule has 1 unspecified atom stereocenters. The van der Waals surface area contributed by atoms with Gasteiger partial charge in [-0.2, -0.15) is 13.2 Å². The number of rotatable bonds is 9.